The molecule has 0 heterocycles. The second-order valence-corrected chi connectivity index (χ2v) is 3.80. The zero-order chi connectivity index (χ0) is 10.8. The monoisotopic (exact) mass is 218 g/mol. The Bertz CT molecular complexity index is 441. The Hall–Kier alpha value is -1.63. The number of rotatable bonds is 2. The summed E-state index contributed by atoms with van der Waals surface area (Å²) in [5, 5.41) is 2.21. The maximum Gasteiger partial charge on any atom is 0.332 e. The van der Waals surface area contributed by atoms with Crippen LogP contribution in [0.25, 0.3) is 0 Å². The molecule has 0 unspecified atom stereocenters. The van der Waals surface area contributed by atoms with Gasteiger partial charge in [0.05, 0.1) is 4.90 Å². The molecular formula is C7H7FN2O3S. The molecule has 0 spiro atoms. The van der Waals surface area contributed by atoms with E-state index in [0.29, 0.717) is 5.69 Å². The van der Waals surface area contributed by atoms with Crippen LogP contribution in [-0.4, -0.2) is 14.4 Å². The molecule has 1 rings (SSSR count). The van der Waals surface area contributed by atoms with Crippen molar-refractivity contribution in [2.45, 2.75) is 4.90 Å². The second kappa shape index (κ2) is 3.62. The number of nitrogens with one attached hydrogen (secondary N) is 1. The Morgan fingerprint density at radius 1 is 1.29 bits per heavy atom. The first kappa shape index (κ1) is 10.5. The van der Waals surface area contributed by atoms with Gasteiger partial charge in [-0.3, -0.25) is 0 Å². The quantitative estimate of drug-likeness (QED) is 0.720. The molecule has 1 aromatic carbocycles. The highest BCUT2D eigenvalue weighted by Gasteiger charge is 2.10. The highest BCUT2D eigenvalue weighted by molar-refractivity contribution is 7.86. The van der Waals surface area contributed by atoms with Crippen molar-refractivity contribution in [2.24, 2.45) is 5.73 Å². The van der Waals surface area contributed by atoms with Crippen LogP contribution in [0.15, 0.2) is 29.2 Å². The van der Waals surface area contributed by atoms with Gasteiger partial charge in [-0.25, -0.2) is 4.79 Å². The van der Waals surface area contributed by atoms with Crippen LogP contribution in [0.5, 0.6) is 0 Å². The van der Waals surface area contributed by atoms with Crippen LogP contribution < -0.4 is 11.1 Å². The molecule has 0 aliphatic rings. The lowest BCUT2D eigenvalue weighted by molar-refractivity contribution is 0.259. The predicted octanol–water partition coefficient (Wildman–Crippen LogP) is 0.835. The van der Waals surface area contributed by atoms with Crippen LogP contribution in [0.4, 0.5) is 14.4 Å². The van der Waals surface area contributed by atoms with Crippen LogP contribution in [0.2, 0.25) is 0 Å². The minimum Gasteiger partial charge on any atom is -0.351 e. The topological polar surface area (TPSA) is 89.3 Å². The average molecular weight is 218 g/mol. The number of primary amides is 1. The van der Waals surface area contributed by atoms with E-state index in [9.17, 15) is 17.1 Å². The summed E-state index contributed by atoms with van der Waals surface area (Å²) in [7, 11) is -4.69. The molecule has 14 heavy (non-hydrogen) atoms. The minimum atomic E-state index is -4.69. The first-order valence-corrected chi connectivity index (χ1v) is 4.89. The van der Waals surface area contributed by atoms with Gasteiger partial charge < -0.3 is 11.1 Å². The van der Waals surface area contributed by atoms with Crippen molar-refractivity contribution in [2.75, 3.05) is 5.32 Å². The van der Waals surface area contributed by atoms with E-state index in [4.69, 9.17) is 5.73 Å². The van der Waals surface area contributed by atoms with E-state index in [1.165, 1.54) is 12.1 Å². The summed E-state index contributed by atoms with van der Waals surface area (Å²) in [5.41, 5.74) is 5.10. The number of benzene rings is 1. The van der Waals surface area contributed by atoms with E-state index >= 15 is 0 Å². The summed E-state index contributed by atoms with van der Waals surface area (Å²) in [6.45, 7) is 0. The summed E-state index contributed by atoms with van der Waals surface area (Å²) >= 11 is 0. The average Bonchev–Trinajstić information content (AvgIpc) is 2.02. The molecule has 0 aliphatic carbocycles. The second-order valence-electron chi connectivity index (χ2n) is 2.45. The number of amides is 2. The predicted molar refractivity (Wildman–Crippen MR) is 47.9 cm³/mol. The third-order valence-corrected chi connectivity index (χ3v) is 2.24. The van der Waals surface area contributed by atoms with Crippen LogP contribution >= 0.6 is 0 Å². The zero-order valence-corrected chi connectivity index (χ0v) is 7.71. The number of hydrogen-bond acceptors (Lipinski definition) is 3. The lowest BCUT2D eigenvalue weighted by atomic mass is 10.3. The van der Waals surface area contributed by atoms with Crippen molar-refractivity contribution in [1.82, 2.24) is 0 Å². The van der Waals surface area contributed by atoms with Gasteiger partial charge >= 0.3 is 16.3 Å². The molecule has 0 bridgehead atoms. The fraction of sp³-hybridized carbons (Fsp3) is 0. The zero-order valence-electron chi connectivity index (χ0n) is 6.90. The molecule has 0 atom stereocenters. The molecular weight excluding hydrogens is 211 g/mol. The van der Waals surface area contributed by atoms with Gasteiger partial charge in [0.2, 0.25) is 0 Å². The summed E-state index contributed by atoms with van der Waals surface area (Å²) in [5.74, 6) is 0. The number of hydrogen-bond donors (Lipinski definition) is 2. The van der Waals surface area contributed by atoms with Gasteiger partial charge in [0, 0.05) is 5.69 Å². The molecule has 0 saturated carbocycles. The minimum absolute atomic E-state index is 0.296. The molecule has 7 heteroatoms. The Morgan fingerprint density at radius 3 is 2.14 bits per heavy atom. The lowest BCUT2D eigenvalue weighted by Gasteiger charge is -2.01. The first-order chi connectivity index (χ1) is 6.39. The third-order valence-electron chi connectivity index (χ3n) is 1.40. The number of carbonyl (C=O) groups excluding carboxylic acids is 1. The molecule has 0 fully saturated rings. The van der Waals surface area contributed by atoms with Crippen LogP contribution in [0, 0.1) is 0 Å². The number of nitrogens with two attached hydrogens (primary N) is 1. The summed E-state index contributed by atoms with van der Waals surface area (Å²) < 4.78 is 33.2. The number of halogens is 1. The summed E-state index contributed by atoms with van der Waals surface area (Å²) in [4.78, 5) is 9.90. The van der Waals surface area contributed by atoms with Crippen molar-refractivity contribution in [3.05, 3.63) is 24.3 Å². The van der Waals surface area contributed by atoms with Gasteiger partial charge in [0.25, 0.3) is 0 Å². The molecule has 0 radical (unpaired) electrons. The van der Waals surface area contributed by atoms with Gasteiger partial charge in [-0.05, 0) is 24.3 Å². The van der Waals surface area contributed by atoms with Gasteiger partial charge in [-0.15, -0.1) is 3.89 Å². The van der Waals surface area contributed by atoms with E-state index in [0.717, 1.165) is 12.1 Å². The number of carbonyl (C=O) groups is 1. The molecule has 3 N–H and O–H groups in total. The van der Waals surface area contributed by atoms with Crippen molar-refractivity contribution < 1.29 is 17.1 Å². The maximum absolute atomic E-state index is 12.4. The molecule has 5 nitrogen and oxygen atoms in total. The highest BCUT2D eigenvalue weighted by Crippen LogP contribution is 2.15. The van der Waals surface area contributed by atoms with E-state index in [-0.39, 0.29) is 0 Å². The molecule has 0 saturated heterocycles. The fourth-order valence-electron chi connectivity index (χ4n) is 0.843. The van der Waals surface area contributed by atoms with Crippen LogP contribution in [0.1, 0.15) is 0 Å². The summed E-state index contributed by atoms with van der Waals surface area (Å²) in [6, 6.07) is 3.75. The molecule has 1 aromatic rings. The standard InChI is InChI=1S/C7H7FN2O3S/c8-14(12,13)6-3-1-5(2-4-6)10-7(9)11/h1-4H,(H3,9,10,11). The van der Waals surface area contributed by atoms with E-state index < -0.39 is 21.1 Å². The normalized spacial score (nSPS) is 10.9. The number of urea groups is 1. The lowest BCUT2D eigenvalue weighted by Crippen LogP contribution is -2.19. The Labute approximate surface area is 79.9 Å². The van der Waals surface area contributed by atoms with Crippen molar-refractivity contribution in [1.29, 1.82) is 0 Å². The van der Waals surface area contributed by atoms with E-state index in [1.54, 1.807) is 0 Å². The van der Waals surface area contributed by atoms with Crippen LogP contribution in [-0.2, 0) is 10.2 Å². The van der Waals surface area contributed by atoms with Crippen molar-refractivity contribution in [3.63, 3.8) is 0 Å². The van der Waals surface area contributed by atoms with E-state index in [1.807, 2.05) is 0 Å². The summed E-state index contributed by atoms with van der Waals surface area (Å²) in [6.07, 6.45) is 0. The Kier molecular flexibility index (Phi) is 2.70. The molecule has 76 valence electrons. The Balaban J connectivity index is 2.95. The van der Waals surface area contributed by atoms with Gasteiger partial charge in [0.15, 0.2) is 0 Å². The van der Waals surface area contributed by atoms with Crippen LogP contribution in [0.3, 0.4) is 0 Å². The van der Waals surface area contributed by atoms with E-state index in [2.05, 4.69) is 5.32 Å². The molecule has 0 aromatic heterocycles. The van der Waals surface area contributed by atoms with Gasteiger partial charge in [-0.1, -0.05) is 0 Å². The first-order valence-electron chi connectivity index (χ1n) is 3.51. The maximum atomic E-state index is 12.4. The van der Waals surface area contributed by atoms with Gasteiger partial charge in [-0.2, -0.15) is 8.42 Å². The smallest absolute Gasteiger partial charge is 0.332 e. The number of anilines is 1. The molecule has 2 amide bonds. The third kappa shape index (κ3) is 2.70. The highest BCUT2D eigenvalue weighted by atomic mass is 32.3. The van der Waals surface area contributed by atoms with Crippen molar-refractivity contribution >= 4 is 21.9 Å². The van der Waals surface area contributed by atoms with Gasteiger partial charge in [0.1, 0.15) is 0 Å². The largest absolute Gasteiger partial charge is 0.351 e. The fourth-order valence-corrected chi connectivity index (χ4v) is 1.30. The van der Waals surface area contributed by atoms with Crippen molar-refractivity contribution in [3.8, 4) is 0 Å². The SMILES string of the molecule is NC(=O)Nc1ccc(S(=O)(=O)F)cc1. The molecule has 0 aliphatic heterocycles. The Morgan fingerprint density at radius 2 is 1.79 bits per heavy atom.